The Morgan fingerprint density at radius 3 is 2.79 bits per heavy atom. The Kier molecular flexibility index (Phi) is 6.14. The first kappa shape index (κ1) is 19.7. The zero-order chi connectivity index (χ0) is 20.1. The Labute approximate surface area is 161 Å². The molecule has 2 aliphatic heterocycles. The molecule has 0 unspecified atom stereocenters. The highest BCUT2D eigenvalue weighted by atomic mass is 16.2. The Bertz CT molecular complexity index is 757. The standard InChI is InChI=1S/C17H23N7O4/c18-8-14(25)23-6-7-24(17(28)12-9-19-4-5-20-12)13(10-23)16(27)22-11-2-1-3-21-15(11)26/h4-5,9,11,13H,1-3,6-8,10,18H2,(H,21,26)(H,22,27)/p+1/t11-,13-/m0/s1. The minimum absolute atomic E-state index is 0.0422. The average molecular weight is 390 g/mol. The van der Waals surface area contributed by atoms with Gasteiger partial charge in [-0.05, 0) is 12.8 Å². The fourth-order valence-corrected chi connectivity index (χ4v) is 3.37. The first-order chi connectivity index (χ1) is 13.5. The summed E-state index contributed by atoms with van der Waals surface area (Å²) in [4.78, 5) is 60.6. The Balaban J connectivity index is 1.79. The van der Waals surface area contributed by atoms with Crippen LogP contribution in [0.3, 0.4) is 0 Å². The van der Waals surface area contributed by atoms with Crippen LogP contribution in [0.2, 0.25) is 0 Å². The summed E-state index contributed by atoms with van der Waals surface area (Å²) in [5.74, 6) is -1.35. The molecule has 3 heterocycles. The first-order valence-corrected chi connectivity index (χ1v) is 9.23. The topological polar surface area (TPSA) is 152 Å². The summed E-state index contributed by atoms with van der Waals surface area (Å²) in [7, 11) is 0. The number of rotatable bonds is 4. The highest BCUT2D eigenvalue weighted by Gasteiger charge is 2.39. The molecule has 0 bridgehead atoms. The van der Waals surface area contributed by atoms with E-state index in [0.29, 0.717) is 19.5 Å². The van der Waals surface area contributed by atoms with Crippen LogP contribution in [-0.2, 0) is 14.4 Å². The van der Waals surface area contributed by atoms with Gasteiger partial charge in [0.25, 0.3) is 11.8 Å². The summed E-state index contributed by atoms with van der Waals surface area (Å²) in [6, 6.07) is -1.57. The summed E-state index contributed by atoms with van der Waals surface area (Å²) in [6.07, 6.45) is 5.48. The van der Waals surface area contributed by atoms with E-state index in [1.54, 1.807) is 0 Å². The molecule has 0 aromatic carbocycles. The third-order valence-electron chi connectivity index (χ3n) is 4.89. The number of piperazine rings is 1. The number of quaternary nitrogens is 1. The van der Waals surface area contributed by atoms with Gasteiger partial charge in [0.2, 0.25) is 11.8 Å². The monoisotopic (exact) mass is 390 g/mol. The van der Waals surface area contributed by atoms with Gasteiger partial charge in [-0.25, -0.2) is 4.98 Å². The predicted molar refractivity (Wildman–Crippen MR) is 95.4 cm³/mol. The molecule has 0 spiro atoms. The number of nitrogens with zero attached hydrogens (tertiary/aromatic N) is 4. The van der Waals surface area contributed by atoms with Crippen molar-refractivity contribution in [3.05, 3.63) is 24.3 Å². The van der Waals surface area contributed by atoms with E-state index in [9.17, 15) is 19.2 Å². The van der Waals surface area contributed by atoms with Crippen molar-refractivity contribution in [1.82, 2.24) is 30.4 Å². The van der Waals surface area contributed by atoms with Crippen LogP contribution in [-0.4, -0.2) is 88.2 Å². The lowest BCUT2D eigenvalue weighted by Crippen LogP contribution is -2.66. The highest BCUT2D eigenvalue weighted by molar-refractivity contribution is 5.97. The number of carbonyl (C=O) groups excluding carboxylic acids is 4. The Hall–Kier alpha value is -3.08. The molecule has 0 saturated carbocycles. The molecule has 0 aliphatic carbocycles. The number of piperidine rings is 1. The van der Waals surface area contributed by atoms with Gasteiger partial charge in [-0.3, -0.25) is 24.2 Å². The second-order valence-electron chi connectivity index (χ2n) is 6.69. The summed E-state index contributed by atoms with van der Waals surface area (Å²) in [5, 5.41) is 5.43. The molecule has 11 heteroatoms. The van der Waals surface area contributed by atoms with Gasteiger partial charge >= 0.3 is 0 Å². The third-order valence-corrected chi connectivity index (χ3v) is 4.89. The van der Waals surface area contributed by atoms with E-state index in [2.05, 4.69) is 26.3 Å². The maximum absolute atomic E-state index is 12.9. The normalized spacial score (nSPS) is 22.4. The molecule has 3 rings (SSSR count). The van der Waals surface area contributed by atoms with Crippen molar-refractivity contribution >= 4 is 23.6 Å². The average Bonchev–Trinajstić information content (AvgIpc) is 2.74. The quantitative estimate of drug-likeness (QED) is 0.491. The van der Waals surface area contributed by atoms with Gasteiger partial charge in [0.1, 0.15) is 17.8 Å². The number of nitrogens with one attached hydrogen (secondary N) is 2. The third kappa shape index (κ3) is 4.25. The molecule has 1 aromatic rings. The Morgan fingerprint density at radius 2 is 2.11 bits per heavy atom. The molecule has 4 amide bonds. The van der Waals surface area contributed by atoms with Crippen molar-refractivity contribution in [3.8, 4) is 0 Å². The largest absolute Gasteiger partial charge is 0.354 e. The number of carbonyl (C=O) groups is 4. The molecule has 1 aromatic heterocycles. The van der Waals surface area contributed by atoms with E-state index in [1.807, 2.05) is 0 Å². The fourth-order valence-electron chi connectivity index (χ4n) is 3.37. The molecule has 150 valence electrons. The number of amides is 4. The SMILES string of the molecule is [NH3+]CC(=O)N1CCN(C(=O)c2cnccn2)[C@H](C(=O)N[C@H]2CCCNC2=O)C1. The van der Waals surface area contributed by atoms with Gasteiger partial charge in [-0.15, -0.1) is 0 Å². The molecule has 0 radical (unpaired) electrons. The second kappa shape index (κ2) is 8.74. The van der Waals surface area contributed by atoms with Crippen LogP contribution in [0.15, 0.2) is 18.6 Å². The maximum atomic E-state index is 12.9. The maximum Gasteiger partial charge on any atom is 0.277 e. The van der Waals surface area contributed by atoms with Crippen LogP contribution in [0.4, 0.5) is 0 Å². The van der Waals surface area contributed by atoms with Gasteiger partial charge in [-0.2, -0.15) is 0 Å². The second-order valence-corrected chi connectivity index (χ2v) is 6.69. The van der Waals surface area contributed by atoms with Crippen molar-refractivity contribution in [1.29, 1.82) is 0 Å². The van der Waals surface area contributed by atoms with E-state index in [-0.39, 0.29) is 37.1 Å². The fraction of sp³-hybridized carbons (Fsp3) is 0.529. The highest BCUT2D eigenvalue weighted by Crippen LogP contribution is 2.15. The van der Waals surface area contributed by atoms with Crippen molar-refractivity contribution in [2.24, 2.45) is 0 Å². The van der Waals surface area contributed by atoms with Crippen LogP contribution < -0.4 is 16.4 Å². The lowest BCUT2D eigenvalue weighted by Gasteiger charge is -2.40. The molecular formula is C17H24N7O4+. The molecule has 11 nitrogen and oxygen atoms in total. The molecule has 28 heavy (non-hydrogen) atoms. The van der Waals surface area contributed by atoms with Crippen molar-refractivity contribution in [3.63, 3.8) is 0 Å². The summed E-state index contributed by atoms with van der Waals surface area (Å²) in [6.45, 7) is 1.17. The van der Waals surface area contributed by atoms with Gasteiger partial charge in [0.15, 0.2) is 6.54 Å². The minimum Gasteiger partial charge on any atom is -0.354 e. The van der Waals surface area contributed by atoms with Crippen LogP contribution in [0.5, 0.6) is 0 Å². The van der Waals surface area contributed by atoms with Crippen molar-refractivity contribution < 1.29 is 24.9 Å². The summed E-state index contributed by atoms with van der Waals surface area (Å²) in [5.41, 5.74) is 3.71. The number of aromatic nitrogens is 2. The van der Waals surface area contributed by atoms with E-state index in [4.69, 9.17) is 0 Å². The summed E-state index contributed by atoms with van der Waals surface area (Å²) >= 11 is 0. The molecule has 2 aliphatic rings. The van der Waals surface area contributed by atoms with Crippen molar-refractivity contribution in [2.45, 2.75) is 24.9 Å². The zero-order valence-electron chi connectivity index (χ0n) is 15.5. The van der Waals surface area contributed by atoms with E-state index in [0.717, 1.165) is 6.42 Å². The first-order valence-electron chi connectivity index (χ1n) is 9.23. The molecule has 2 saturated heterocycles. The molecule has 2 fully saturated rings. The number of hydrogen-bond acceptors (Lipinski definition) is 6. The van der Waals surface area contributed by atoms with Crippen LogP contribution in [0, 0.1) is 0 Å². The number of hydrogen-bond donors (Lipinski definition) is 3. The van der Waals surface area contributed by atoms with Crippen LogP contribution >= 0.6 is 0 Å². The van der Waals surface area contributed by atoms with Crippen LogP contribution in [0.25, 0.3) is 0 Å². The van der Waals surface area contributed by atoms with Crippen LogP contribution in [0.1, 0.15) is 23.3 Å². The van der Waals surface area contributed by atoms with Gasteiger partial charge in [0, 0.05) is 32.0 Å². The van der Waals surface area contributed by atoms with Gasteiger partial charge < -0.3 is 26.2 Å². The van der Waals surface area contributed by atoms with Gasteiger partial charge in [0.05, 0.1) is 12.7 Å². The molecule has 5 N–H and O–H groups in total. The van der Waals surface area contributed by atoms with E-state index < -0.39 is 23.9 Å². The van der Waals surface area contributed by atoms with Crippen molar-refractivity contribution in [2.75, 3.05) is 32.7 Å². The zero-order valence-corrected chi connectivity index (χ0v) is 15.5. The lowest BCUT2D eigenvalue weighted by molar-refractivity contribution is -0.357. The van der Waals surface area contributed by atoms with E-state index >= 15 is 0 Å². The summed E-state index contributed by atoms with van der Waals surface area (Å²) < 4.78 is 0. The van der Waals surface area contributed by atoms with Gasteiger partial charge in [-0.1, -0.05) is 0 Å². The smallest absolute Gasteiger partial charge is 0.277 e. The van der Waals surface area contributed by atoms with E-state index in [1.165, 1.54) is 28.4 Å². The lowest BCUT2D eigenvalue weighted by atomic mass is 10.0. The predicted octanol–water partition coefficient (Wildman–Crippen LogP) is -3.23. The molecule has 2 atom stereocenters. The Morgan fingerprint density at radius 1 is 1.29 bits per heavy atom. The molecular weight excluding hydrogens is 366 g/mol. The minimum atomic E-state index is -0.923.